The minimum absolute atomic E-state index is 0.556. The molecule has 1 N–H and O–H groups in total. The number of fused-ring (bicyclic) bond motifs is 1. The largest absolute Gasteiger partial charge is 0.311 e. The number of nitrogens with one attached hydrogen (secondary N) is 1. The van der Waals surface area contributed by atoms with Crippen molar-refractivity contribution in [1.29, 1.82) is 0 Å². The summed E-state index contributed by atoms with van der Waals surface area (Å²) >= 11 is 0. The van der Waals surface area contributed by atoms with Crippen LogP contribution < -0.4 is 5.32 Å². The van der Waals surface area contributed by atoms with Crippen molar-refractivity contribution in [1.82, 2.24) is 5.32 Å². The van der Waals surface area contributed by atoms with Crippen molar-refractivity contribution >= 4 is 0 Å². The summed E-state index contributed by atoms with van der Waals surface area (Å²) in [5.74, 6) is 1.01. The van der Waals surface area contributed by atoms with E-state index in [0.717, 1.165) is 5.92 Å². The number of hydrogen-bond donors (Lipinski definition) is 1. The normalized spacial score (nSPS) is 49.7. The van der Waals surface area contributed by atoms with E-state index in [1.807, 2.05) is 0 Å². The predicted octanol–water partition coefficient (Wildman–Crippen LogP) is 1.54. The van der Waals surface area contributed by atoms with Crippen LogP contribution in [0.15, 0.2) is 0 Å². The van der Waals surface area contributed by atoms with E-state index in [2.05, 4.69) is 12.2 Å². The fraction of sp³-hybridized carbons (Fsp3) is 1.00. The van der Waals surface area contributed by atoms with Crippen molar-refractivity contribution in [2.45, 2.75) is 38.1 Å². The summed E-state index contributed by atoms with van der Waals surface area (Å²) in [6.45, 7) is 3.65. The van der Waals surface area contributed by atoms with Gasteiger partial charge in [0.15, 0.2) is 0 Å². The van der Waals surface area contributed by atoms with Gasteiger partial charge in [-0.2, -0.15) is 0 Å². The van der Waals surface area contributed by atoms with Gasteiger partial charge in [-0.15, -0.1) is 0 Å². The molecule has 2 unspecified atom stereocenters. The zero-order chi connectivity index (χ0) is 6.32. The number of hydrogen-bond acceptors (Lipinski definition) is 1. The summed E-state index contributed by atoms with van der Waals surface area (Å²) < 4.78 is 0. The fourth-order valence-electron chi connectivity index (χ4n) is 2.47. The predicted molar refractivity (Wildman–Crippen MR) is 38.4 cm³/mol. The minimum Gasteiger partial charge on any atom is -0.311 e. The Morgan fingerprint density at radius 2 is 2.33 bits per heavy atom. The maximum absolute atomic E-state index is 3.59. The van der Waals surface area contributed by atoms with E-state index < -0.39 is 0 Å². The van der Waals surface area contributed by atoms with Crippen LogP contribution in [0.25, 0.3) is 0 Å². The third kappa shape index (κ3) is 0.710. The van der Waals surface area contributed by atoms with Gasteiger partial charge in [0.2, 0.25) is 0 Å². The SMILES string of the molecule is CC12CCCC1CCN2. The molecule has 1 saturated heterocycles. The van der Waals surface area contributed by atoms with Crippen LogP contribution in [0, 0.1) is 5.92 Å². The van der Waals surface area contributed by atoms with Gasteiger partial charge in [-0.3, -0.25) is 0 Å². The van der Waals surface area contributed by atoms with E-state index >= 15 is 0 Å². The first-order valence-corrected chi connectivity index (χ1v) is 4.06. The fourth-order valence-corrected chi connectivity index (χ4v) is 2.47. The Balaban J connectivity index is 2.17. The molecule has 1 heterocycles. The molecule has 2 rings (SSSR count). The zero-order valence-corrected chi connectivity index (χ0v) is 6.11. The van der Waals surface area contributed by atoms with Crippen LogP contribution in [0.1, 0.15) is 32.6 Å². The second kappa shape index (κ2) is 1.72. The minimum atomic E-state index is 0.556. The van der Waals surface area contributed by atoms with E-state index in [-0.39, 0.29) is 0 Å². The van der Waals surface area contributed by atoms with Crippen LogP contribution in [0.3, 0.4) is 0 Å². The molecule has 0 aromatic carbocycles. The Hall–Kier alpha value is -0.0400. The highest BCUT2D eigenvalue weighted by molar-refractivity contribution is 4.99. The quantitative estimate of drug-likeness (QED) is 0.518. The van der Waals surface area contributed by atoms with E-state index in [0.29, 0.717) is 5.54 Å². The second-order valence-corrected chi connectivity index (χ2v) is 3.72. The van der Waals surface area contributed by atoms with Crippen LogP contribution >= 0.6 is 0 Å². The zero-order valence-electron chi connectivity index (χ0n) is 6.11. The molecule has 0 bridgehead atoms. The van der Waals surface area contributed by atoms with Gasteiger partial charge in [-0.25, -0.2) is 0 Å². The lowest BCUT2D eigenvalue weighted by atomic mass is 9.91. The van der Waals surface area contributed by atoms with Gasteiger partial charge < -0.3 is 5.32 Å². The monoisotopic (exact) mass is 125 g/mol. The van der Waals surface area contributed by atoms with Crippen LogP contribution in [0.5, 0.6) is 0 Å². The molecule has 2 aliphatic rings. The van der Waals surface area contributed by atoms with Gasteiger partial charge in [0.05, 0.1) is 0 Å². The van der Waals surface area contributed by atoms with Crippen molar-refractivity contribution in [3.63, 3.8) is 0 Å². The van der Waals surface area contributed by atoms with Gasteiger partial charge in [0.1, 0.15) is 0 Å². The highest BCUT2D eigenvalue weighted by Gasteiger charge is 2.41. The van der Waals surface area contributed by atoms with Crippen LogP contribution in [-0.4, -0.2) is 12.1 Å². The van der Waals surface area contributed by atoms with Gasteiger partial charge in [-0.1, -0.05) is 6.42 Å². The van der Waals surface area contributed by atoms with Crippen molar-refractivity contribution in [3.05, 3.63) is 0 Å². The molecule has 0 radical (unpaired) electrons. The molecule has 0 spiro atoms. The lowest BCUT2D eigenvalue weighted by molar-refractivity contribution is 0.356. The first-order valence-electron chi connectivity index (χ1n) is 4.06. The maximum Gasteiger partial charge on any atom is 0.0181 e. The van der Waals surface area contributed by atoms with E-state index in [4.69, 9.17) is 0 Å². The molecule has 0 aromatic rings. The van der Waals surface area contributed by atoms with Gasteiger partial charge in [-0.05, 0) is 38.6 Å². The van der Waals surface area contributed by atoms with Crippen LogP contribution in [0.2, 0.25) is 0 Å². The molecule has 2 atom stereocenters. The van der Waals surface area contributed by atoms with Crippen molar-refractivity contribution < 1.29 is 0 Å². The van der Waals surface area contributed by atoms with Crippen LogP contribution in [0.4, 0.5) is 0 Å². The molecular formula is C8H15N. The molecule has 52 valence electrons. The molecule has 9 heavy (non-hydrogen) atoms. The molecule has 1 aliphatic carbocycles. The average Bonchev–Trinajstić information content (AvgIpc) is 2.22. The molecule has 2 fully saturated rings. The third-order valence-electron chi connectivity index (χ3n) is 3.17. The average molecular weight is 125 g/mol. The lowest BCUT2D eigenvalue weighted by Crippen LogP contribution is -2.37. The summed E-state index contributed by atoms with van der Waals surface area (Å²) in [7, 11) is 0. The Kier molecular flexibility index (Phi) is 1.10. The van der Waals surface area contributed by atoms with Gasteiger partial charge in [0, 0.05) is 5.54 Å². The van der Waals surface area contributed by atoms with Gasteiger partial charge >= 0.3 is 0 Å². The molecular weight excluding hydrogens is 110 g/mol. The summed E-state index contributed by atoms with van der Waals surface area (Å²) in [4.78, 5) is 0. The molecule has 1 heteroatoms. The second-order valence-electron chi connectivity index (χ2n) is 3.72. The Morgan fingerprint density at radius 3 is 3.11 bits per heavy atom. The smallest absolute Gasteiger partial charge is 0.0181 e. The van der Waals surface area contributed by atoms with Crippen molar-refractivity contribution in [2.24, 2.45) is 5.92 Å². The highest BCUT2D eigenvalue weighted by atomic mass is 15.0. The first-order chi connectivity index (χ1) is 4.31. The number of rotatable bonds is 0. The molecule has 1 nitrogen and oxygen atoms in total. The lowest BCUT2D eigenvalue weighted by Gasteiger charge is -2.23. The van der Waals surface area contributed by atoms with E-state index in [1.54, 1.807) is 0 Å². The standard InChI is InChI=1S/C8H15N/c1-8-5-2-3-7(8)4-6-9-8/h7,9H,2-6H2,1H3. The Labute approximate surface area is 56.8 Å². The molecule has 1 aliphatic heterocycles. The summed E-state index contributed by atoms with van der Waals surface area (Å²) in [6, 6.07) is 0. The molecule has 0 amide bonds. The summed E-state index contributed by atoms with van der Waals surface area (Å²) in [5, 5.41) is 3.59. The summed E-state index contributed by atoms with van der Waals surface area (Å²) in [5.41, 5.74) is 0.556. The Morgan fingerprint density at radius 1 is 1.44 bits per heavy atom. The Bertz CT molecular complexity index is 110. The van der Waals surface area contributed by atoms with Gasteiger partial charge in [0.25, 0.3) is 0 Å². The van der Waals surface area contributed by atoms with E-state index in [1.165, 1.54) is 32.2 Å². The highest BCUT2D eigenvalue weighted by Crippen LogP contribution is 2.40. The molecule has 1 saturated carbocycles. The third-order valence-corrected chi connectivity index (χ3v) is 3.17. The molecule has 0 aromatic heterocycles. The summed E-state index contributed by atoms with van der Waals surface area (Å²) in [6.07, 6.45) is 5.77. The van der Waals surface area contributed by atoms with Crippen molar-refractivity contribution in [3.8, 4) is 0 Å². The topological polar surface area (TPSA) is 12.0 Å². The first kappa shape index (κ1) is 5.72. The van der Waals surface area contributed by atoms with Crippen molar-refractivity contribution in [2.75, 3.05) is 6.54 Å². The van der Waals surface area contributed by atoms with Crippen LogP contribution in [-0.2, 0) is 0 Å². The van der Waals surface area contributed by atoms with E-state index in [9.17, 15) is 0 Å². The maximum atomic E-state index is 3.59.